The highest BCUT2D eigenvalue weighted by atomic mass is 28.3. The van der Waals surface area contributed by atoms with E-state index in [1.807, 2.05) is 0 Å². The van der Waals surface area contributed by atoms with E-state index in [9.17, 15) is 0 Å². The van der Waals surface area contributed by atoms with Gasteiger partial charge in [0.05, 0.1) is 0 Å². The summed E-state index contributed by atoms with van der Waals surface area (Å²) in [6.07, 6.45) is 15.0. The van der Waals surface area contributed by atoms with Gasteiger partial charge in [-0.25, -0.2) is 0 Å². The molecule has 4 aromatic rings. The Kier molecular flexibility index (Phi) is 8.49. The van der Waals surface area contributed by atoms with E-state index in [1.54, 1.807) is 10.4 Å². The van der Waals surface area contributed by atoms with Gasteiger partial charge in [-0.15, -0.1) is 0 Å². The second-order valence-electron chi connectivity index (χ2n) is 12.6. The summed E-state index contributed by atoms with van der Waals surface area (Å²) in [5, 5.41) is 3.48. The van der Waals surface area contributed by atoms with Gasteiger partial charge in [0.15, 0.2) is 0 Å². The summed E-state index contributed by atoms with van der Waals surface area (Å²) in [6, 6.07) is 33.5. The van der Waals surface area contributed by atoms with Crippen molar-refractivity contribution in [2.45, 2.75) is 84.7 Å². The van der Waals surface area contributed by atoms with Gasteiger partial charge in [0.25, 0.3) is 0 Å². The van der Waals surface area contributed by atoms with E-state index in [0.717, 1.165) is 25.7 Å². The molecule has 0 N–H and O–H groups in total. The van der Waals surface area contributed by atoms with E-state index in [-0.39, 0.29) is 0 Å². The first-order valence-electron chi connectivity index (χ1n) is 16.4. The quantitative estimate of drug-likeness (QED) is 0.125. The second kappa shape index (κ2) is 12.4. The molecule has 0 radical (unpaired) electrons. The van der Waals surface area contributed by atoms with E-state index in [4.69, 9.17) is 0 Å². The van der Waals surface area contributed by atoms with Gasteiger partial charge in [-0.05, 0) is 81.3 Å². The molecule has 0 atom stereocenters. The molecule has 1 heteroatoms. The van der Waals surface area contributed by atoms with Crippen molar-refractivity contribution >= 4 is 20.2 Å². The lowest BCUT2D eigenvalue weighted by atomic mass is 9.93. The largest absolute Gasteiger partial charge is 0.106 e. The zero-order valence-electron chi connectivity index (χ0n) is 26.1. The highest BCUT2D eigenvalue weighted by Gasteiger charge is 2.39. The summed E-state index contributed by atoms with van der Waals surface area (Å²) >= 11 is 0. The molecule has 0 nitrogen and oxygen atoms in total. The highest BCUT2D eigenvalue weighted by molar-refractivity contribution is 6.93. The van der Waals surface area contributed by atoms with Gasteiger partial charge in [-0.2, -0.15) is 0 Å². The van der Waals surface area contributed by atoms with E-state index >= 15 is 0 Å². The smallest absolute Gasteiger partial charge is 0.0712 e. The topological polar surface area (TPSA) is 0 Å². The molecule has 2 aliphatic carbocycles. The first-order valence-corrected chi connectivity index (χ1v) is 19.1. The van der Waals surface area contributed by atoms with Crippen LogP contribution in [0.15, 0.2) is 95.3 Å². The molecular weight excluding hydrogens is 521 g/mol. The molecule has 0 aliphatic heterocycles. The second-order valence-corrected chi connectivity index (χ2v) is 17.1. The third kappa shape index (κ3) is 5.29. The van der Waals surface area contributed by atoms with Gasteiger partial charge in [-0.1, -0.05) is 167 Å². The molecule has 6 rings (SSSR count). The Morgan fingerprint density at radius 2 is 1.00 bits per heavy atom. The number of fused-ring (bicyclic) bond motifs is 2. The summed E-state index contributed by atoms with van der Waals surface area (Å²) in [4.78, 5) is 0. The lowest BCUT2D eigenvalue weighted by Crippen LogP contribution is -2.36. The first-order chi connectivity index (χ1) is 20.6. The fourth-order valence-corrected chi connectivity index (χ4v) is 11.6. The Morgan fingerprint density at radius 1 is 0.524 bits per heavy atom. The molecule has 0 saturated carbocycles. The molecule has 0 heterocycles. The normalized spacial score (nSPS) is 14.0. The molecule has 4 aromatic carbocycles. The number of rotatable bonds is 11. The Bertz CT molecular complexity index is 1530. The number of benzene rings is 4. The highest BCUT2D eigenvalue weighted by Crippen LogP contribution is 2.46. The summed E-state index contributed by atoms with van der Waals surface area (Å²) in [6.45, 7) is 9.59. The van der Waals surface area contributed by atoms with Gasteiger partial charge in [0.1, 0.15) is 8.07 Å². The minimum absolute atomic E-state index is 1.06. The van der Waals surface area contributed by atoms with Crippen LogP contribution in [0.1, 0.15) is 79.8 Å². The molecule has 0 fully saturated rings. The number of hydrogen-bond donors (Lipinski definition) is 0. The number of allylic oxidation sites excluding steroid dienone is 2. The van der Waals surface area contributed by atoms with Crippen LogP contribution < -0.4 is 0 Å². The van der Waals surface area contributed by atoms with E-state index < -0.39 is 8.07 Å². The van der Waals surface area contributed by atoms with Crippen molar-refractivity contribution in [3.8, 4) is 22.3 Å². The molecule has 0 spiro atoms. The molecule has 42 heavy (non-hydrogen) atoms. The third-order valence-electron chi connectivity index (χ3n) is 10.1. The predicted octanol–water partition coefficient (Wildman–Crippen LogP) is 11.5. The minimum atomic E-state index is -1.90. The van der Waals surface area contributed by atoms with Crippen molar-refractivity contribution in [1.82, 2.24) is 0 Å². The standard InChI is InChI=1S/C41H46Si/c1-5-8-9-14-25-42(4,34-26-32-19-15-23-38(40(32)28-34)36-21-12-10-17-30(36)6-2)35-27-33-20-16-24-39(41(33)29-35)37-22-13-11-18-31(37)7-3/h10-13,15-24,28-29H,5-9,14,25-27H2,1-4H3. The Morgan fingerprint density at radius 3 is 1.48 bits per heavy atom. The van der Waals surface area contributed by atoms with Crippen molar-refractivity contribution < 1.29 is 0 Å². The lowest BCUT2D eigenvalue weighted by Gasteiger charge is -2.31. The van der Waals surface area contributed by atoms with E-state index in [0.29, 0.717) is 0 Å². The Labute approximate surface area is 255 Å². The molecule has 214 valence electrons. The summed E-state index contributed by atoms with van der Waals surface area (Å²) in [5.74, 6) is 0. The molecule has 0 bridgehead atoms. The Hall–Kier alpha value is -3.42. The number of aryl methyl sites for hydroxylation is 2. The van der Waals surface area contributed by atoms with Crippen LogP contribution >= 0.6 is 0 Å². The van der Waals surface area contributed by atoms with Crippen LogP contribution in [0, 0.1) is 0 Å². The van der Waals surface area contributed by atoms with Gasteiger partial charge >= 0.3 is 0 Å². The molecule has 0 aromatic heterocycles. The zero-order valence-corrected chi connectivity index (χ0v) is 27.1. The van der Waals surface area contributed by atoms with Crippen molar-refractivity contribution in [3.05, 3.63) is 129 Å². The molecular formula is C41H46Si. The van der Waals surface area contributed by atoms with Crippen LogP contribution in [0.2, 0.25) is 12.6 Å². The first kappa shape index (κ1) is 28.7. The van der Waals surface area contributed by atoms with Gasteiger partial charge in [0.2, 0.25) is 0 Å². The van der Waals surface area contributed by atoms with Crippen LogP contribution in [-0.4, -0.2) is 8.07 Å². The maximum Gasteiger partial charge on any atom is 0.106 e. The summed E-state index contributed by atoms with van der Waals surface area (Å²) < 4.78 is 0. The van der Waals surface area contributed by atoms with Crippen LogP contribution in [0.25, 0.3) is 34.4 Å². The number of hydrogen-bond acceptors (Lipinski definition) is 0. The van der Waals surface area contributed by atoms with Crippen molar-refractivity contribution in [1.29, 1.82) is 0 Å². The van der Waals surface area contributed by atoms with Gasteiger partial charge < -0.3 is 0 Å². The van der Waals surface area contributed by atoms with Crippen LogP contribution in [0.3, 0.4) is 0 Å². The fourth-order valence-electron chi connectivity index (χ4n) is 7.53. The summed E-state index contributed by atoms with van der Waals surface area (Å²) in [5.41, 5.74) is 14.6. The zero-order chi connectivity index (χ0) is 29.1. The maximum absolute atomic E-state index is 2.70. The molecule has 0 amide bonds. The SMILES string of the molecule is CCCCCC[Si](C)(C1=Cc2c(cccc2-c2ccccc2CC)C1)C1=Cc2c(cccc2-c2ccccc2CC)C1. The molecule has 2 aliphatic rings. The average molecular weight is 567 g/mol. The average Bonchev–Trinajstić information content (AvgIpc) is 3.69. The van der Waals surface area contributed by atoms with E-state index in [2.05, 4.69) is 124 Å². The van der Waals surface area contributed by atoms with Crippen LogP contribution in [0.5, 0.6) is 0 Å². The predicted molar refractivity (Wildman–Crippen MR) is 186 cm³/mol. The van der Waals surface area contributed by atoms with Crippen LogP contribution in [0.4, 0.5) is 0 Å². The van der Waals surface area contributed by atoms with Gasteiger partial charge in [-0.3, -0.25) is 0 Å². The summed E-state index contributed by atoms with van der Waals surface area (Å²) in [7, 11) is -1.90. The lowest BCUT2D eigenvalue weighted by molar-refractivity contribution is 0.697. The number of unbranched alkanes of at least 4 members (excludes halogenated alkanes) is 3. The van der Waals surface area contributed by atoms with Gasteiger partial charge in [0, 0.05) is 0 Å². The Balaban J connectivity index is 1.43. The maximum atomic E-state index is 2.70. The van der Waals surface area contributed by atoms with Crippen LogP contribution in [-0.2, 0) is 25.7 Å². The van der Waals surface area contributed by atoms with Crippen molar-refractivity contribution in [2.24, 2.45) is 0 Å². The molecule has 0 unspecified atom stereocenters. The van der Waals surface area contributed by atoms with E-state index in [1.165, 1.54) is 87.4 Å². The van der Waals surface area contributed by atoms with Crippen molar-refractivity contribution in [2.75, 3.05) is 0 Å². The fraction of sp³-hybridized carbons (Fsp3) is 0.317. The molecule has 0 saturated heterocycles. The third-order valence-corrected chi connectivity index (χ3v) is 14.9. The van der Waals surface area contributed by atoms with Crippen molar-refractivity contribution in [3.63, 3.8) is 0 Å². The minimum Gasteiger partial charge on any atom is -0.0712 e. The monoisotopic (exact) mass is 566 g/mol.